The topological polar surface area (TPSA) is 49.2 Å². The van der Waals surface area contributed by atoms with Gasteiger partial charge in [-0.3, -0.25) is 0 Å². The first kappa shape index (κ1) is 11.3. The fourth-order valence-electron chi connectivity index (χ4n) is 2.29. The van der Waals surface area contributed by atoms with E-state index in [-0.39, 0.29) is 6.61 Å². The van der Waals surface area contributed by atoms with Crippen molar-refractivity contribution in [2.24, 2.45) is 0 Å². The number of hydrogen-bond acceptors (Lipinski definition) is 4. The van der Waals surface area contributed by atoms with Crippen molar-refractivity contribution in [3.8, 4) is 0 Å². The van der Waals surface area contributed by atoms with Crippen LogP contribution < -0.4 is 4.90 Å². The van der Waals surface area contributed by atoms with Gasteiger partial charge < -0.3 is 10.0 Å². The van der Waals surface area contributed by atoms with Crippen molar-refractivity contribution >= 4 is 5.82 Å². The quantitative estimate of drug-likeness (QED) is 0.811. The second-order valence-corrected chi connectivity index (χ2v) is 4.13. The minimum Gasteiger partial charge on any atom is -0.396 e. The normalized spacial score (nSPS) is 13.9. The standard InChI is InChI=1S/C12H19N3O/c1-2-15(7-4-8-16)12-10-5-3-6-11(10)13-9-14-12/h9,16H,2-8H2,1H3. The minimum atomic E-state index is 0.240. The zero-order chi connectivity index (χ0) is 11.4. The van der Waals surface area contributed by atoms with Gasteiger partial charge in [-0.05, 0) is 32.6 Å². The van der Waals surface area contributed by atoms with Gasteiger partial charge in [-0.1, -0.05) is 0 Å². The van der Waals surface area contributed by atoms with E-state index in [1.165, 1.54) is 17.7 Å². The smallest absolute Gasteiger partial charge is 0.135 e. The van der Waals surface area contributed by atoms with Gasteiger partial charge in [0.25, 0.3) is 0 Å². The van der Waals surface area contributed by atoms with Gasteiger partial charge in [0.05, 0.1) is 0 Å². The molecule has 0 aliphatic heterocycles. The van der Waals surface area contributed by atoms with Crippen molar-refractivity contribution in [3.05, 3.63) is 17.6 Å². The van der Waals surface area contributed by atoms with Crippen LogP contribution in [0.15, 0.2) is 6.33 Å². The molecule has 0 bridgehead atoms. The monoisotopic (exact) mass is 221 g/mol. The maximum Gasteiger partial charge on any atom is 0.135 e. The van der Waals surface area contributed by atoms with Crippen LogP contribution in [0.5, 0.6) is 0 Å². The third kappa shape index (κ3) is 2.16. The van der Waals surface area contributed by atoms with Gasteiger partial charge in [-0.15, -0.1) is 0 Å². The van der Waals surface area contributed by atoms with Gasteiger partial charge >= 0.3 is 0 Å². The summed E-state index contributed by atoms with van der Waals surface area (Å²) in [6.45, 7) is 4.17. The van der Waals surface area contributed by atoms with Crippen LogP contribution in [0.3, 0.4) is 0 Å². The summed E-state index contributed by atoms with van der Waals surface area (Å²) in [7, 11) is 0. The maximum atomic E-state index is 8.89. The molecule has 16 heavy (non-hydrogen) atoms. The van der Waals surface area contributed by atoms with E-state index in [2.05, 4.69) is 21.8 Å². The van der Waals surface area contributed by atoms with Crippen molar-refractivity contribution < 1.29 is 5.11 Å². The molecule has 1 aliphatic carbocycles. The lowest BCUT2D eigenvalue weighted by Crippen LogP contribution is -2.27. The molecule has 1 aromatic rings. The third-order valence-corrected chi connectivity index (χ3v) is 3.12. The Hall–Kier alpha value is -1.16. The van der Waals surface area contributed by atoms with E-state index < -0.39 is 0 Å². The van der Waals surface area contributed by atoms with Crippen molar-refractivity contribution in [2.75, 3.05) is 24.6 Å². The Morgan fingerprint density at radius 1 is 1.38 bits per heavy atom. The molecule has 0 spiro atoms. The molecule has 4 heteroatoms. The van der Waals surface area contributed by atoms with Crippen molar-refractivity contribution in [3.63, 3.8) is 0 Å². The summed E-state index contributed by atoms with van der Waals surface area (Å²) in [6, 6.07) is 0. The van der Waals surface area contributed by atoms with E-state index >= 15 is 0 Å². The number of aliphatic hydroxyl groups is 1. The van der Waals surface area contributed by atoms with Crippen molar-refractivity contribution in [1.82, 2.24) is 9.97 Å². The predicted molar refractivity (Wildman–Crippen MR) is 63.6 cm³/mol. The average Bonchev–Trinajstić information content (AvgIpc) is 2.78. The van der Waals surface area contributed by atoms with Gasteiger partial charge in [-0.25, -0.2) is 9.97 Å². The number of hydrogen-bond donors (Lipinski definition) is 1. The Morgan fingerprint density at radius 3 is 3.00 bits per heavy atom. The highest BCUT2D eigenvalue weighted by Crippen LogP contribution is 2.27. The van der Waals surface area contributed by atoms with Crippen LogP contribution in [0.4, 0.5) is 5.82 Å². The summed E-state index contributed by atoms with van der Waals surface area (Å²) in [5.41, 5.74) is 2.54. The summed E-state index contributed by atoms with van der Waals surface area (Å²) in [5.74, 6) is 1.08. The number of fused-ring (bicyclic) bond motifs is 1. The largest absolute Gasteiger partial charge is 0.396 e. The Labute approximate surface area is 96.3 Å². The zero-order valence-electron chi connectivity index (χ0n) is 9.82. The van der Waals surface area contributed by atoms with E-state index in [4.69, 9.17) is 5.11 Å². The van der Waals surface area contributed by atoms with E-state index in [1.54, 1.807) is 6.33 Å². The van der Waals surface area contributed by atoms with Crippen LogP contribution in [0.25, 0.3) is 0 Å². The highest BCUT2D eigenvalue weighted by atomic mass is 16.3. The van der Waals surface area contributed by atoms with E-state index in [1.807, 2.05) is 0 Å². The van der Waals surface area contributed by atoms with Crippen LogP contribution in [-0.2, 0) is 12.8 Å². The van der Waals surface area contributed by atoms with Gasteiger partial charge in [0.2, 0.25) is 0 Å². The molecule has 1 aliphatic rings. The molecule has 0 atom stereocenters. The van der Waals surface area contributed by atoms with Gasteiger partial charge in [0.1, 0.15) is 12.1 Å². The summed E-state index contributed by atoms with van der Waals surface area (Å²) in [4.78, 5) is 11.0. The van der Waals surface area contributed by atoms with Crippen molar-refractivity contribution in [1.29, 1.82) is 0 Å². The van der Waals surface area contributed by atoms with Gasteiger partial charge in [-0.2, -0.15) is 0 Å². The molecule has 0 unspecified atom stereocenters. The number of aromatic nitrogens is 2. The molecule has 4 nitrogen and oxygen atoms in total. The van der Waals surface area contributed by atoms with Gasteiger partial charge in [0.15, 0.2) is 0 Å². The number of rotatable bonds is 5. The molecule has 0 amide bonds. The number of aliphatic hydroxyl groups excluding tert-OH is 1. The first-order chi connectivity index (χ1) is 7.86. The van der Waals surface area contributed by atoms with Crippen LogP contribution in [0, 0.1) is 0 Å². The lowest BCUT2D eigenvalue weighted by Gasteiger charge is -2.23. The highest BCUT2D eigenvalue weighted by molar-refractivity contribution is 5.50. The Bertz CT molecular complexity index is 354. The van der Waals surface area contributed by atoms with Crippen LogP contribution in [0.1, 0.15) is 31.0 Å². The first-order valence-corrected chi connectivity index (χ1v) is 6.05. The second kappa shape index (κ2) is 5.25. The molecule has 0 saturated heterocycles. The molecule has 2 rings (SSSR count). The second-order valence-electron chi connectivity index (χ2n) is 4.13. The molecule has 88 valence electrons. The summed E-state index contributed by atoms with van der Waals surface area (Å²) in [5, 5.41) is 8.89. The molecule has 0 aromatic carbocycles. The van der Waals surface area contributed by atoms with E-state index in [0.29, 0.717) is 0 Å². The SMILES string of the molecule is CCN(CCCO)c1ncnc2c1CCC2. The van der Waals surface area contributed by atoms with Crippen LogP contribution in [-0.4, -0.2) is 34.8 Å². The van der Waals surface area contributed by atoms with Crippen LogP contribution >= 0.6 is 0 Å². The lowest BCUT2D eigenvalue weighted by atomic mass is 10.2. The molecule has 1 heterocycles. The predicted octanol–water partition coefficient (Wildman–Crippen LogP) is 1.17. The molecule has 0 saturated carbocycles. The van der Waals surface area contributed by atoms with Gasteiger partial charge in [0, 0.05) is 31.0 Å². The summed E-state index contributed by atoms with van der Waals surface area (Å²) < 4.78 is 0. The number of aryl methyl sites for hydroxylation is 1. The fourth-order valence-corrected chi connectivity index (χ4v) is 2.29. The Morgan fingerprint density at radius 2 is 2.25 bits per heavy atom. The molecule has 1 aromatic heterocycles. The highest BCUT2D eigenvalue weighted by Gasteiger charge is 2.19. The van der Waals surface area contributed by atoms with Crippen LogP contribution in [0.2, 0.25) is 0 Å². The number of nitrogens with zero attached hydrogens (tertiary/aromatic N) is 3. The fraction of sp³-hybridized carbons (Fsp3) is 0.667. The molecule has 1 N–H and O–H groups in total. The minimum absolute atomic E-state index is 0.240. The van der Waals surface area contributed by atoms with E-state index in [0.717, 1.165) is 38.2 Å². The molecular formula is C12H19N3O. The Kier molecular flexibility index (Phi) is 3.72. The number of anilines is 1. The molecule has 0 fully saturated rings. The first-order valence-electron chi connectivity index (χ1n) is 6.05. The maximum absolute atomic E-state index is 8.89. The third-order valence-electron chi connectivity index (χ3n) is 3.12. The molecular weight excluding hydrogens is 202 g/mol. The Balaban J connectivity index is 2.21. The summed E-state index contributed by atoms with van der Waals surface area (Å²) >= 11 is 0. The average molecular weight is 221 g/mol. The zero-order valence-corrected chi connectivity index (χ0v) is 9.82. The van der Waals surface area contributed by atoms with E-state index in [9.17, 15) is 0 Å². The van der Waals surface area contributed by atoms with Crippen molar-refractivity contribution in [2.45, 2.75) is 32.6 Å². The summed E-state index contributed by atoms with van der Waals surface area (Å²) in [6.07, 6.45) is 5.84. The lowest BCUT2D eigenvalue weighted by molar-refractivity contribution is 0.289. The molecule has 0 radical (unpaired) electrons.